The largest absolute Gasteiger partial charge is 0.484 e. The molecule has 0 spiro atoms. The molecule has 2 amide bonds. The first kappa shape index (κ1) is 22.8. The maximum Gasteiger partial charge on any atom is 0.264 e. The Labute approximate surface area is 184 Å². The van der Waals surface area contributed by atoms with Gasteiger partial charge in [-0.1, -0.05) is 0 Å². The SMILES string of the molecule is CN(c1ccc(OCC(=O)Nc2ccc(C(N)=O)cc2)cc1)S(=O)(=O)c1ccc(F)cc1. The lowest BCUT2D eigenvalue weighted by molar-refractivity contribution is -0.118. The number of carbonyl (C=O) groups excluding carboxylic acids is 2. The molecule has 0 saturated heterocycles. The van der Waals surface area contributed by atoms with E-state index in [0.717, 1.165) is 16.4 Å². The van der Waals surface area contributed by atoms with Crippen molar-refractivity contribution in [1.29, 1.82) is 0 Å². The lowest BCUT2D eigenvalue weighted by atomic mass is 10.2. The summed E-state index contributed by atoms with van der Waals surface area (Å²) < 4.78 is 44.9. The molecule has 0 aliphatic carbocycles. The number of hydrogen-bond donors (Lipinski definition) is 2. The number of nitrogens with two attached hydrogens (primary N) is 1. The monoisotopic (exact) mass is 457 g/mol. The summed E-state index contributed by atoms with van der Waals surface area (Å²) in [4.78, 5) is 23.1. The Hall–Kier alpha value is -3.92. The molecule has 32 heavy (non-hydrogen) atoms. The Morgan fingerprint density at radius 3 is 2.12 bits per heavy atom. The van der Waals surface area contributed by atoms with E-state index in [1.54, 1.807) is 12.1 Å². The van der Waals surface area contributed by atoms with Gasteiger partial charge >= 0.3 is 0 Å². The highest BCUT2D eigenvalue weighted by molar-refractivity contribution is 7.92. The fourth-order valence-electron chi connectivity index (χ4n) is 2.72. The summed E-state index contributed by atoms with van der Waals surface area (Å²) in [5.41, 5.74) is 6.33. The van der Waals surface area contributed by atoms with Crippen molar-refractivity contribution in [3.63, 3.8) is 0 Å². The molecule has 0 atom stereocenters. The van der Waals surface area contributed by atoms with Gasteiger partial charge < -0.3 is 15.8 Å². The minimum Gasteiger partial charge on any atom is -0.484 e. The number of carbonyl (C=O) groups is 2. The van der Waals surface area contributed by atoms with Crippen LogP contribution in [0.3, 0.4) is 0 Å². The van der Waals surface area contributed by atoms with Gasteiger partial charge in [-0.2, -0.15) is 0 Å². The smallest absolute Gasteiger partial charge is 0.264 e. The third-order valence-corrected chi connectivity index (χ3v) is 6.30. The highest BCUT2D eigenvalue weighted by Gasteiger charge is 2.21. The number of amides is 2. The normalized spacial score (nSPS) is 10.9. The molecule has 3 aromatic rings. The van der Waals surface area contributed by atoms with Crippen LogP contribution in [0, 0.1) is 5.82 Å². The number of ether oxygens (including phenoxy) is 1. The van der Waals surface area contributed by atoms with Crippen molar-refractivity contribution in [3.05, 3.63) is 84.2 Å². The number of halogens is 1. The maximum atomic E-state index is 13.1. The third-order valence-electron chi connectivity index (χ3n) is 4.50. The molecule has 0 aromatic heterocycles. The first-order chi connectivity index (χ1) is 15.2. The molecular formula is C22H20FN3O5S. The van der Waals surface area contributed by atoms with Crippen LogP contribution < -0.4 is 20.1 Å². The first-order valence-electron chi connectivity index (χ1n) is 9.34. The Balaban J connectivity index is 1.58. The van der Waals surface area contributed by atoms with Crippen molar-refractivity contribution in [2.24, 2.45) is 5.73 Å². The van der Waals surface area contributed by atoms with Crippen LogP contribution in [-0.4, -0.2) is 33.9 Å². The summed E-state index contributed by atoms with van der Waals surface area (Å²) in [6.07, 6.45) is 0. The molecule has 166 valence electrons. The van der Waals surface area contributed by atoms with Crippen LogP contribution in [0.25, 0.3) is 0 Å². The molecule has 0 unspecified atom stereocenters. The average molecular weight is 457 g/mol. The Kier molecular flexibility index (Phi) is 6.74. The number of benzene rings is 3. The van der Waals surface area contributed by atoms with E-state index in [9.17, 15) is 22.4 Å². The summed E-state index contributed by atoms with van der Waals surface area (Å²) in [6, 6.07) is 16.7. The van der Waals surface area contributed by atoms with Crippen LogP contribution in [0.15, 0.2) is 77.7 Å². The molecule has 3 aromatic carbocycles. The summed E-state index contributed by atoms with van der Waals surface area (Å²) in [7, 11) is -2.48. The van der Waals surface area contributed by atoms with Gasteiger partial charge in [0.2, 0.25) is 5.91 Å². The lowest BCUT2D eigenvalue weighted by Crippen LogP contribution is -2.26. The Bertz CT molecular complexity index is 1210. The zero-order chi connectivity index (χ0) is 23.3. The van der Waals surface area contributed by atoms with Crippen LogP contribution in [0.4, 0.5) is 15.8 Å². The highest BCUT2D eigenvalue weighted by Crippen LogP contribution is 2.24. The van der Waals surface area contributed by atoms with Gasteiger partial charge in [0.15, 0.2) is 6.61 Å². The summed E-state index contributed by atoms with van der Waals surface area (Å²) in [6.45, 7) is -0.277. The second-order valence-electron chi connectivity index (χ2n) is 6.70. The molecule has 0 aliphatic rings. The van der Waals surface area contributed by atoms with Crippen molar-refractivity contribution in [3.8, 4) is 5.75 Å². The average Bonchev–Trinajstić information content (AvgIpc) is 2.78. The molecule has 3 rings (SSSR count). The zero-order valence-corrected chi connectivity index (χ0v) is 17.8. The van der Waals surface area contributed by atoms with E-state index in [4.69, 9.17) is 10.5 Å². The van der Waals surface area contributed by atoms with E-state index in [2.05, 4.69) is 5.32 Å². The van der Waals surface area contributed by atoms with E-state index in [0.29, 0.717) is 22.7 Å². The number of sulfonamides is 1. The number of primary amides is 1. The van der Waals surface area contributed by atoms with Gasteiger partial charge in [-0.25, -0.2) is 12.8 Å². The second-order valence-corrected chi connectivity index (χ2v) is 8.67. The summed E-state index contributed by atoms with van der Waals surface area (Å²) in [5.74, 6) is -1.15. The maximum absolute atomic E-state index is 13.1. The molecule has 3 N–H and O–H groups in total. The quantitative estimate of drug-likeness (QED) is 0.539. The van der Waals surface area contributed by atoms with Gasteiger partial charge in [-0.15, -0.1) is 0 Å². The number of hydrogen-bond acceptors (Lipinski definition) is 5. The Morgan fingerprint density at radius 2 is 1.56 bits per heavy atom. The molecule has 10 heteroatoms. The number of anilines is 2. The third kappa shape index (κ3) is 5.41. The van der Waals surface area contributed by atoms with Gasteiger partial charge in [-0.05, 0) is 72.8 Å². The van der Waals surface area contributed by atoms with E-state index < -0.39 is 27.7 Å². The van der Waals surface area contributed by atoms with Gasteiger partial charge in [0.25, 0.3) is 15.9 Å². The Morgan fingerprint density at radius 1 is 0.969 bits per heavy atom. The van der Waals surface area contributed by atoms with Gasteiger partial charge in [0, 0.05) is 18.3 Å². The van der Waals surface area contributed by atoms with Crippen LogP contribution in [-0.2, 0) is 14.8 Å². The van der Waals surface area contributed by atoms with Gasteiger partial charge in [0.1, 0.15) is 11.6 Å². The summed E-state index contributed by atoms with van der Waals surface area (Å²) in [5, 5.41) is 2.62. The van der Waals surface area contributed by atoms with E-state index in [-0.39, 0.29) is 11.5 Å². The van der Waals surface area contributed by atoms with Crippen LogP contribution >= 0.6 is 0 Å². The molecule has 8 nitrogen and oxygen atoms in total. The molecule has 0 heterocycles. The fourth-order valence-corrected chi connectivity index (χ4v) is 3.92. The number of rotatable bonds is 8. The fraction of sp³-hybridized carbons (Fsp3) is 0.0909. The zero-order valence-electron chi connectivity index (χ0n) is 17.0. The van der Waals surface area contributed by atoms with Crippen molar-refractivity contribution in [1.82, 2.24) is 0 Å². The van der Waals surface area contributed by atoms with Crippen LogP contribution in [0.2, 0.25) is 0 Å². The second kappa shape index (κ2) is 9.48. The molecule has 0 radical (unpaired) electrons. The molecule has 0 fully saturated rings. The standard InChI is InChI=1S/C22H20FN3O5S/c1-26(32(29,30)20-12-4-16(23)5-13-20)18-8-10-19(11-9-18)31-14-21(27)25-17-6-2-15(3-7-17)22(24)28/h2-13H,14H2,1H3,(H2,24,28)(H,25,27). The van der Waals surface area contributed by atoms with Crippen molar-refractivity contribution in [2.45, 2.75) is 4.90 Å². The molecular weight excluding hydrogens is 437 g/mol. The predicted octanol–water partition coefficient (Wildman–Crippen LogP) is 2.77. The van der Waals surface area contributed by atoms with Gasteiger partial charge in [-0.3, -0.25) is 13.9 Å². The van der Waals surface area contributed by atoms with E-state index >= 15 is 0 Å². The topological polar surface area (TPSA) is 119 Å². The summed E-state index contributed by atoms with van der Waals surface area (Å²) >= 11 is 0. The lowest BCUT2D eigenvalue weighted by Gasteiger charge is -2.20. The highest BCUT2D eigenvalue weighted by atomic mass is 32.2. The molecule has 0 bridgehead atoms. The number of nitrogens with zero attached hydrogens (tertiary/aromatic N) is 1. The van der Waals surface area contributed by atoms with Crippen molar-refractivity contribution in [2.75, 3.05) is 23.3 Å². The molecule has 0 saturated carbocycles. The first-order valence-corrected chi connectivity index (χ1v) is 10.8. The van der Waals surface area contributed by atoms with Crippen LogP contribution in [0.5, 0.6) is 5.75 Å². The van der Waals surface area contributed by atoms with Crippen LogP contribution in [0.1, 0.15) is 10.4 Å². The van der Waals surface area contributed by atoms with Gasteiger partial charge in [0.05, 0.1) is 10.6 Å². The minimum atomic E-state index is -3.86. The molecule has 0 aliphatic heterocycles. The van der Waals surface area contributed by atoms with E-state index in [1.165, 1.54) is 55.6 Å². The number of nitrogens with one attached hydrogen (secondary N) is 1. The van der Waals surface area contributed by atoms with Crippen molar-refractivity contribution < 1.29 is 27.1 Å². The van der Waals surface area contributed by atoms with E-state index in [1.807, 2.05) is 0 Å². The predicted molar refractivity (Wildman–Crippen MR) is 118 cm³/mol. The van der Waals surface area contributed by atoms with Crippen molar-refractivity contribution >= 4 is 33.2 Å². The minimum absolute atomic E-state index is 0.0396.